The number of imidazole rings is 1. The lowest BCUT2D eigenvalue weighted by molar-refractivity contribution is -0.139. The van der Waals surface area contributed by atoms with Gasteiger partial charge in [-0.3, -0.25) is 0 Å². The minimum atomic E-state index is -1.10. The third-order valence-corrected chi connectivity index (χ3v) is 3.04. The fourth-order valence-electron chi connectivity index (χ4n) is 1.86. The Bertz CT molecular complexity index is 599. The molecular weight excluding hydrogens is 286 g/mol. The zero-order valence-electron chi connectivity index (χ0n) is 11.9. The van der Waals surface area contributed by atoms with Crippen molar-refractivity contribution in [3.8, 4) is 0 Å². The Balaban J connectivity index is 1.79. The van der Waals surface area contributed by atoms with Gasteiger partial charge in [-0.15, -0.1) is 0 Å². The molecule has 0 saturated heterocycles. The smallest absolute Gasteiger partial charge is 0.408 e. The molecule has 0 saturated carbocycles. The molecule has 7 nitrogen and oxygen atoms in total. The van der Waals surface area contributed by atoms with Crippen molar-refractivity contribution in [2.75, 3.05) is 0 Å². The predicted molar refractivity (Wildman–Crippen MR) is 78.0 cm³/mol. The van der Waals surface area contributed by atoms with E-state index in [-0.39, 0.29) is 13.0 Å². The Morgan fingerprint density at radius 3 is 2.73 bits per heavy atom. The zero-order valence-corrected chi connectivity index (χ0v) is 11.9. The summed E-state index contributed by atoms with van der Waals surface area (Å²) in [7, 11) is 0. The van der Waals surface area contributed by atoms with Gasteiger partial charge < -0.3 is 19.7 Å². The van der Waals surface area contributed by atoms with Crippen LogP contribution in [0.15, 0.2) is 49.1 Å². The second-order valence-electron chi connectivity index (χ2n) is 4.69. The summed E-state index contributed by atoms with van der Waals surface area (Å²) in [6.07, 6.45) is 4.42. The van der Waals surface area contributed by atoms with Gasteiger partial charge in [-0.1, -0.05) is 30.3 Å². The van der Waals surface area contributed by atoms with Gasteiger partial charge in [0.25, 0.3) is 0 Å². The Morgan fingerprint density at radius 2 is 2.09 bits per heavy atom. The van der Waals surface area contributed by atoms with Crippen molar-refractivity contribution in [2.24, 2.45) is 0 Å². The number of hydrogen-bond donors (Lipinski definition) is 2. The van der Waals surface area contributed by atoms with Crippen LogP contribution in [0.25, 0.3) is 0 Å². The van der Waals surface area contributed by atoms with E-state index in [0.29, 0.717) is 6.54 Å². The molecule has 116 valence electrons. The van der Waals surface area contributed by atoms with Gasteiger partial charge in [-0.05, 0) is 12.0 Å². The molecule has 0 aliphatic carbocycles. The van der Waals surface area contributed by atoms with Crippen LogP contribution in [0.4, 0.5) is 4.79 Å². The average molecular weight is 303 g/mol. The van der Waals surface area contributed by atoms with Crippen molar-refractivity contribution in [2.45, 2.75) is 25.6 Å². The van der Waals surface area contributed by atoms with Crippen LogP contribution in [0, 0.1) is 0 Å². The van der Waals surface area contributed by atoms with E-state index in [4.69, 9.17) is 9.84 Å². The molecule has 0 aliphatic heterocycles. The zero-order chi connectivity index (χ0) is 15.8. The topological polar surface area (TPSA) is 93.5 Å². The van der Waals surface area contributed by atoms with Crippen LogP contribution in [0.3, 0.4) is 0 Å². The van der Waals surface area contributed by atoms with Crippen LogP contribution >= 0.6 is 0 Å². The molecule has 0 fully saturated rings. The van der Waals surface area contributed by atoms with Crippen molar-refractivity contribution in [3.05, 3.63) is 54.6 Å². The van der Waals surface area contributed by atoms with Crippen molar-refractivity contribution in [1.29, 1.82) is 0 Å². The van der Waals surface area contributed by atoms with Gasteiger partial charge in [0, 0.05) is 18.9 Å². The Hall–Kier alpha value is -2.83. The monoisotopic (exact) mass is 303 g/mol. The molecule has 0 radical (unpaired) electrons. The molecule has 0 aliphatic rings. The summed E-state index contributed by atoms with van der Waals surface area (Å²) in [5, 5.41) is 11.5. The Labute approximate surface area is 127 Å². The third-order valence-electron chi connectivity index (χ3n) is 3.04. The van der Waals surface area contributed by atoms with Gasteiger partial charge >= 0.3 is 12.1 Å². The molecular formula is C15H17N3O4. The summed E-state index contributed by atoms with van der Waals surface area (Å²) < 4.78 is 6.76. The fraction of sp³-hybridized carbons (Fsp3) is 0.267. The highest BCUT2D eigenvalue weighted by Crippen LogP contribution is 2.02. The van der Waals surface area contributed by atoms with Crippen molar-refractivity contribution in [3.63, 3.8) is 0 Å². The van der Waals surface area contributed by atoms with Crippen LogP contribution in [-0.2, 0) is 22.7 Å². The van der Waals surface area contributed by atoms with E-state index in [1.54, 1.807) is 23.3 Å². The summed E-state index contributed by atoms with van der Waals surface area (Å²) in [4.78, 5) is 26.7. The molecule has 1 aromatic heterocycles. The molecule has 1 amide bonds. The second kappa shape index (κ2) is 7.82. The number of carboxylic acid groups (broad SMARTS) is 1. The van der Waals surface area contributed by atoms with Gasteiger partial charge in [0.05, 0.1) is 6.33 Å². The molecule has 2 N–H and O–H groups in total. The number of hydrogen-bond acceptors (Lipinski definition) is 4. The summed E-state index contributed by atoms with van der Waals surface area (Å²) in [5.74, 6) is -1.10. The van der Waals surface area contributed by atoms with Gasteiger partial charge in [-0.25, -0.2) is 14.6 Å². The van der Waals surface area contributed by atoms with E-state index in [9.17, 15) is 9.59 Å². The number of aryl methyl sites for hydroxylation is 1. The maximum atomic E-state index is 11.7. The van der Waals surface area contributed by atoms with Crippen LogP contribution in [0.2, 0.25) is 0 Å². The first-order valence-corrected chi connectivity index (χ1v) is 6.81. The lowest BCUT2D eigenvalue weighted by atomic mass is 10.2. The Kier molecular flexibility index (Phi) is 5.53. The molecule has 2 aromatic rings. The highest BCUT2D eigenvalue weighted by molar-refractivity contribution is 5.79. The SMILES string of the molecule is O=C(NC(CCn1ccnc1)C(=O)O)OCc1ccccc1. The highest BCUT2D eigenvalue weighted by Gasteiger charge is 2.20. The first-order valence-electron chi connectivity index (χ1n) is 6.81. The molecule has 1 heterocycles. The maximum absolute atomic E-state index is 11.7. The van der Waals surface area contributed by atoms with Crippen molar-refractivity contribution in [1.82, 2.24) is 14.9 Å². The summed E-state index contributed by atoms with van der Waals surface area (Å²) in [6.45, 7) is 0.538. The van der Waals surface area contributed by atoms with E-state index in [2.05, 4.69) is 10.3 Å². The summed E-state index contributed by atoms with van der Waals surface area (Å²) in [6, 6.07) is 8.16. The number of aromatic nitrogens is 2. The largest absolute Gasteiger partial charge is 0.480 e. The lowest BCUT2D eigenvalue weighted by Gasteiger charge is -2.14. The lowest BCUT2D eigenvalue weighted by Crippen LogP contribution is -2.41. The minimum Gasteiger partial charge on any atom is -0.480 e. The quantitative estimate of drug-likeness (QED) is 0.811. The van der Waals surface area contributed by atoms with Crippen molar-refractivity contribution < 1.29 is 19.4 Å². The molecule has 1 atom stereocenters. The fourth-order valence-corrected chi connectivity index (χ4v) is 1.86. The summed E-state index contributed by atoms with van der Waals surface area (Å²) >= 11 is 0. The number of benzene rings is 1. The van der Waals surface area contributed by atoms with Gasteiger partial charge in [0.15, 0.2) is 0 Å². The molecule has 2 rings (SSSR count). The number of ether oxygens (including phenoxy) is 1. The standard InChI is InChI=1S/C15H17N3O4/c19-14(20)13(6-8-18-9-7-16-11-18)17-15(21)22-10-12-4-2-1-3-5-12/h1-5,7,9,11,13H,6,8,10H2,(H,17,21)(H,19,20). The number of carboxylic acids is 1. The van der Waals surface area contributed by atoms with E-state index in [1.807, 2.05) is 30.3 Å². The second-order valence-corrected chi connectivity index (χ2v) is 4.69. The number of aliphatic carboxylic acids is 1. The van der Waals surface area contributed by atoms with E-state index < -0.39 is 18.1 Å². The third kappa shape index (κ3) is 4.93. The van der Waals surface area contributed by atoms with Crippen LogP contribution in [-0.4, -0.2) is 32.8 Å². The number of alkyl carbamates (subject to hydrolysis) is 1. The number of amides is 1. The summed E-state index contributed by atoms with van der Waals surface area (Å²) in [5.41, 5.74) is 0.836. The number of carbonyl (C=O) groups excluding carboxylic acids is 1. The number of carbonyl (C=O) groups is 2. The predicted octanol–water partition coefficient (Wildman–Crippen LogP) is 1.65. The minimum absolute atomic E-state index is 0.0978. The number of rotatable bonds is 7. The highest BCUT2D eigenvalue weighted by atomic mass is 16.5. The molecule has 7 heteroatoms. The Morgan fingerprint density at radius 1 is 1.32 bits per heavy atom. The number of nitrogens with one attached hydrogen (secondary N) is 1. The molecule has 0 bridgehead atoms. The molecule has 22 heavy (non-hydrogen) atoms. The van der Waals surface area contributed by atoms with E-state index in [0.717, 1.165) is 5.56 Å². The van der Waals surface area contributed by atoms with Gasteiger partial charge in [0.2, 0.25) is 0 Å². The normalized spacial score (nSPS) is 11.6. The van der Waals surface area contributed by atoms with Gasteiger partial charge in [-0.2, -0.15) is 0 Å². The number of nitrogens with zero attached hydrogens (tertiary/aromatic N) is 2. The molecule has 0 spiro atoms. The first kappa shape index (κ1) is 15.6. The van der Waals surface area contributed by atoms with Gasteiger partial charge in [0.1, 0.15) is 12.6 Å². The average Bonchev–Trinajstić information content (AvgIpc) is 3.03. The first-order chi connectivity index (χ1) is 10.6. The molecule has 1 unspecified atom stereocenters. The van der Waals surface area contributed by atoms with Crippen LogP contribution < -0.4 is 5.32 Å². The van der Waals surface area contributed by atoms with Crippen LogP contribution in [0.5, 0.6) is 0 Å². The molecule has 1 aromatic carbocycles. The van der Waals surface area contributed by atoms with E-state index >= 15 is 0 Å². The van der Waals surface area contributed by atoms with Crippen LogP contribution in [0.1, 0.15) is 12.0 Å². The van der Waals surface area contributed by atoms with E-state index in [1.165, 1.54) is 0 Å². The van der Waals surface area contributed by atoms with Crippen molar-refractivity contribution >= 4 is 12.1 Å². The maximum Gasteiger partial charge on any atom is 0.408 e.